The van der Waals surface area contributed by atoms with Gasteiger partial charge in [0, 0.05) is 33.3 Å². The lowest BCUT2D eigenvalue weighted by molar-refractivity contribution is 0.897. The van der Waals surface area contributed by atoms with Gasteiger partial charge in [-0.3, -0.25) is 0 Å². The predicted molar refractivity (Wildman–Crippen MR) is 124 cm³/mol. The first-order chi connectivity index (χ1) is 13.7. The van der Waals surface area contributed by atoms with E-state index in [2.05, 4.69) is 79.5 Å². The number of rotatable bonds is 6. The molecule has 0 radical (unpaired) electrons. The number of aromatic nitrogens is 1. The molecule has 1 aliphatic rings. The van der Waals surface area contributed by atoms with Crippen LogP contribution in [0.1, 0.15) is 55.6 Å². The van der Waals surface area contributed by atoms with Crippen LogP contribution in [0.15, 0.2) is 66.3 Å². The lowest BCUT2D eigenvalue weighted by Crippen LogP contribution is -1.98. The number of nitrogens with zero attached hydrogens (tertiary/aromatic N) is 1. The van der Waals surface area contributed by atoms with Crippen molar-refractivity contribution < 1.29 is 0 Å². The predicted octanol–water partition coefficient (Wildman–Crippen LogP) is 7.67. The highest BCUT2D eigenvalue weighted by Gasteiger charge is 2.22. The molecule has 1 nitrogen and oxygen atoms in total. The average Bonchev–Trinajstić information content (AvgIpc) is 3.19. The first kappa shape index (κ1) is 18.6. The van der Waals surface area contributed by atoms with Crippen molar-refractivity contribution in [2.24, 2.45) is 0 Å². The summed E-state index contributed by atoms with van der Waals surface area (Å²) in [6.07, 6.45) is 19.7. The number of hydrogen-bond acceptors (Lipinski definition) is 0. The molecule has 0 saturated carbocycles. The largest absolute Gasteiger partial charge is 0.316 e. The Morgan fingerprint density at radius 3 is 2.82 bits per heavy atom. The topological polar surface area (TPSA) is 4.41 Å². The van der Waals surface area contributed by atoms with Gasteiger partial charge in [0.25, 0.3) is 0 Å². The molecule has 2 aromatic heterocycles. The molecular formula is C27H29N. The van der Waals surface area contributed by atoms with Gasteiger partial charge < -0.3 is 4.40 Å². The van der Waals surface area contributed by atoms with E-state index in [-0.39, 0.29) is 0 Å². The third-order valence-corrected chi connectivity index (χ3v) is 5.83. The fourth-order valence-electron chi connectivity index (χ4n) is 4.51. The maximum Gasteiger partial charge on any atom is 0.0613 e. The third-order valence-electron chi connectivity index (χ3n) is 5.83. The van der Waals surface area contributed by atoms with Crippen LogP contribution in [0.4, 0.5) is 0 Å². The van der Waals surface area contributed by atoms with Crippen LogP contribution < -0.4 is 0 Å². The van der Waals surface area contributed by atoms with Gasteiger partial charge in [-0.15, -0.1) is 0 Å². The van der Waals surface area contributed by atoms with Crippen molar-refractivity contribution in [1.29, 1.82) is 0 Å². The fourth-order valence-corrected chi connectivity index (χ4v) is 4.51. The van der Waals surface area contributed by atoms with Crippen LogP contribution in [-0.4, -0.2) is 4.40 Å². The third kappa shape index (κ3) is 2.96. The van der Waals surface area contributed by atoms with Crippen molar-refractivity contribution in [3.05, 3.63) is 88.8 Å². The van der Waals surface area contributed by atoms with E-state index in [0.29, 0.717) is 0 Å². The van der Waals surface area contributed by atoms with Crippen molar-refractivity contribution in [1.82, 2.24) is 4.40 Å². The zero-order valence-electron chi connectivity index (χ0n) is 17.3. The monoisotopic (exact) mass is 367 g/mol. The molecule has 0 atom stereocenters. The molecular weight excluding hydrogens is 338 g/mol. The van der Waals surface area contributed by atoms with E-state index in [4.69, 9.17) is 0 Å². The van der Waals surface area contributed by atoms with Crippen LogP contribution in [-0.2, 0) is 6.42 Å². The van der Waals surface area contributed by atoms with E-state index in [1.165, 1.54) is 44.4 Å². The van der Waals surface area contributed by atoms with E-state index in [1.54, 1.807) is 0 Å². The molecule has 4 rings (SSSR count). The normalized spacial score (nSPS) is 14.9. The van der Waals surface area contributed by atoms with Crippen molar-refractivity contribution in [3.63, 3.8) is 0 Å². The standard InChI is InChI=1S/C27H29N/c1-5-7-8-13-19(3)21(12-6-2)18-25-20(4)28-26-17-10-9-14-22(26)23-15-11-16-24(25)27(23)28/h5,7-9,11,13-16,18H,3,6,10,12,17H2,1-2,4H3/b7-5-,13-8-,21-18+. The molecule has 0 N–H and O–H groups in total. The smallest absolute Gasteiger partial charge is 0.0613 e. The molecule has 3 aromatic rings. The number of para-hydroxylation sites is 1. The summed E-state index contributed by atoms with van der Waals surface area (Å²) < 4.78 is 2.51. The van der Waals surface area contributed by atoms with Gasteiger partial charge in [-0.1, -0.05) is 74.6 Å². The lowest BCUT2D eigenvalue weighted by Gasteiger charge is -2.10. The van der Waals surface area contributed by atoms with Crippen LogP contribution in [0.3, 0.4) is 0 Å². The number of aryl methyl sites for hydroxylation is 2. The van der Waals surface area contributed by atoms with Crippen molar-refractivity contribution >= 4 is 28.4 Å². The van der Waals surface area contributed by atoms with Gasteiger partial charge in [0.15, 0.2) is 0 Å². The maximum absolute atomic E-state index is 4.34. The fraction of sp³-hybridized carbons (Fsp3) is 0.259. The van der Waals surface area contributed by atoms with E-state index in [0.717, 1.165) is 31.3 Å². The zero-order chi connectivity index (χ0) is 19.7. The summed E-state index contributed by atoms with van der Waals surface area (Å²) in [5.74, 6) is 0. The van der Waals surface area contributed by atoms with E-state index >= 15 is 0 Å². The minimum atomic E-state index is 1.04. The van der Waals surface area contributed by atoms with Crippen LogP contribution in [0.25, 0.3) is 28.4 Å². The Morgan fingerprint density at radius 2 is 2.04 bits per heavy atom. The minimum Gasteiger partial charge on any atom is -0.316 e. The van der Waals surface area contributed by atoms with E-state index in [1.807, 2.05) is 13.0 Å². The molecule has 0 aliphatic heterocycles. The average molecular weight is 368 g/mol. The van der Waals surface area contributed by atoms with Gasteiger partial charge >= 0.3 is 0 Å². The number of fused-ring (bicyclic) bond motifs is 3. The van der Waals surface area contributed by atoms with Gasteiger partial charge in [0.05, 0.1) is 5.52 Å². The highest BCUT2D eigenvalue weighted by molar-refractivity contribution is 6.07. The molecule has 0 spiro atoms. The number of hydrogen-bond donors (Lipinski definition) is 0. The molecule has 0 saturated heterocycles. The molecule has 142 valence electrons. The molecule has 0 amide bonds. The molecule has 0 unspecified atom stereocenters. The van der Waals surface area contributed by atoms with Gasteiger partial charge in [0.1, 0.15) is 0 Å². The summed E-state index contributed by atoms with van der Waals surface area (Å²) in [5, 5.41) is 2.74. The molecule has 0 bridgehead atoms. The van der Waals surface area contributed by atoms with E-state index in [9.17, 15) is 0 Å². The highest BCUT2D eigenvalue weighted by atomic mass is 14.9. The van der Waals surface area contributed by atoms with Crippen molar-refractivity contribution in [2.75, 3.05) is 0 Å². The van der Waals surface area contributed by atoms with Crippen LogP contribution in [0.5, 0.6) is 0 Å². The van der Waals surface area contributed by atoms with E-state index < -0.39 is 0 Å². The first-order valence-corrected chi connectivity index (χ1v) is 10.4. The quantitative estimate of drug-likeness (QED) is 0.394. The van der Waals surface area contributed by atoms with Crippen LogP contribution >= 0.6 is 0 Å². The van der Waals surface area contributed by atoms with Gasteiger partial charge in [0.2, 0.25) is 0 Å². The Morgan fingerprint density at radius 1 is 1.21 bits per heavy atom. The summed E-state index contributed by atoms with van der Waals surface area (Å²) in [6.45, 7) is 10.9. The van der Waals surface area contributed by atoms with Gasteiger partial charge in [-0.2, -0.15) is 0 Å². The van der Waals surface area contributed by atoms with Crippen LogP contribution in [0, 0.1) is 6.92 Å². The molecule has 1 aliphatic carbocycles. The Bertz CT molecular complexity index is 1140. The van der Waals surface area contributed by atoms with Gasteiger partial charge in [-0.05, 0) is 50.3 Å². The summed E-state index contributed by atoms with van der Waals surface area (Å²) >= 11 is 0. The number of benzene rings is 1. The molecule has 2 heterocycles. The Kier molecular flexibility index (Phi) is 5.09. The van der Waals surface area contributed by atoms with Crippen LogP contribution in [0.2, 0.25) is 0 Å². The Hall–Kier alpha value is -2.80. The van der Waals surface area contributed by atoms with Gasteiger partial charge in [-0.25, -0.2) is 0 Å². The zero-order valence-corrected chi connectivity index (χ0v) is 17.3. The number of allylic oxidation sites excluding steroid dienone is 7. The summed E-state index contributed by atoms with van der Waals surface area (Å²) in [5.41, 5.74) is 9.40. The molecule has 1 heteroatoms. The summed E-state index contributed by atoms with van der Waals surface area (Å²) in [7, 11) is 0. The second kappa shape index (κ2) is 7.67. The SMILES string of the molecule is C=C(/C=C\C=C/C)/C(=C/c1c(C)n2c3c(c4cccc1c42)C=CCC3)CCC. The molecule has 1 aromatic carbocycles. The first-order valence-electron chi connectivity index (χ1n) is 10.4. The lowest BCUT2D eigenvalue weighted by atomic mass is 9.96. The summed E-state index contributed by atoms with van der Waals surface area (Å²) in [6, 6.07) is 6.76. The maximum atomic E-state index is 4.34. The minimum absolute atomic E-state index is 1.04. The molecule has 28 heavy (non-hydrogen) atoms. The highest BCUT2D eigenvalue weighted by Crippen LogP contribution is 2.39. The summed E-state index contributed by atoms with van der Waals surface area (Å²) in [4.78, 5) is 0. The van der Waals surface area contributed by atoms with Crippen molar-refractivity contribution in [2.45, 2.75) is 46.5 Å². The Balaban J connectivity index is 1.91. The Labute approximate surface area is 168 Å². The molecule has 0 fully saturated rings. The van der Waals surface area contributed by atoms with Crippen molar-refractivity contribution in [3.8, 4) is 0 Å². The second-order valence-electron chi connectivity index (χ2n) is 7.67. The second-order valence-corrected chi connectivity index (χ2v) is 7.67.